The average Bonchev–Trinajstić information content (AvgIpc) is 2.60. The van der Waals surface area contributed by atoms with Gasteiger partial charge in [0.1, 0.15) is 10.5 Å². The number of hydrogen-bond acceptors (Lipinski definition) is 5. The van der Waals surface area contributed by atoms with E-state index in [1.54, 1.807) is 6.07 Å². The van der Waals surface area contributed by atoms with Gasteiger partial charge in [0.25, 0.3) is 10.0 Å². The van der Waals surface area contributed by atoms with Gasteiger partial charge in [0, 0.05) is 5.56 Å². The summed E-state index contributed by atoms with van der Waals surface area (Å²) >= 11 is 11.7. The van der Waals surface area contributed by atoms with Crippen molar-refractivity contribution in [3.8, 4) is 11.8 Å². The second kappa shape index (κ2) is 8.98. The van der Waals surface area contributed by atoms with Gasteiger partial charge < -0.3 is 5.11 Å². The van der Waals surface area contributed by atoms with Crippen molar-refractivity contribution in [2.75, 3.05) is 4.72 Å². The Morgan fingerprint density at radius 1 is 1.07 bits per heavy atom. The Hall–Kier alpha value is -2.06. The Morgan fingerprint density at radius 3 is 2.30 bits per heavy atom. The van der Waals surface area contributed by atoms with E-state index in [4.69, 9.17) is 28.3 Å². The number of nitrogens with one attached hydrogen (secondary N) is 1. The van der Waals surface area contributed by atoms with Crippen LogP contribution in [0.2, 0.25) is 10.0 Å². The number of anilines is 1. The number of primary sulfonamides is 1. The summed E-state index contributed by atoms with van der Waals surface area (Å²) in [5.41, 5.74) is -0.837. The number of halogens is 2. The lowest BCUT2D eigenvalue weighted by atomic mass is 10.1. The summed E-state index contributed by atoms with van der Waals surface area (Å²) in [5.74, 6) is 5.14. The van der Waals surface area contributed by atoms with Crippen LogP contribution in [0.15, 0.2) is 46.7 Å². The fraction of sp³-hybridized carbons (Fsp3) is 0.158. The molecule has 0 saturated carbocycles. The molecule has 2 rings (SSSR count). The van der Waals surface area contributed by atoms with Crippen molar-refractivity contribution in [3.05, 3.63) is 63.0 Å². The lowest BCUT2D eigenvalue weighted by Gasteiger charge is -2.10. The van der Waals surface area contributed by atoms with Crippen LogP contribution in [0.5, 0.6) is 0 Å². The molecule has 0 spiro atoms. The highest BCUT2D eigenvalue weighted by Crippen LogP contribution is 2.25. The summed E-state index contributed by atoms with van der Waals surface area (Å²) in [7, 11) is -8.36. The van der Waals surface area contributed by atoms with E-state index < -0.39 is 30.5 Å². The Kier molecular flexibility index (Phi) is 7.24. The van der Waals surface area contributed by atoms with Crippen molar-refractivity contribution in [3.63, 3.8) is 0 Å². The molecule has 0 atom stereocenters. The zero-order chi connectivity index (χ0) is 22.7. The Bertz CT molecular complexity index is 1270. The van der Waals surface area contributed by atoms with Crippen LogP contribution < -0.4 is 9.86 Å². The molecule has 0 heterocycles. The largest absolute Gasteiger partial charge is 0.378 e. The van der Waals surface area contributed by atoms with Crippen molar-refractivity contribution in [1.82, 2.24) is 0 Å². The summed E-state index contributed by atoms with van der Waals surface area (Å²) in [4.78, 5) is -0.462. The van der Waals surface area contributed by atoms with Gasteiger partial charge in [-0.3, -0.25) is 4.72 Å². The molecular weight excluding hydrogens is 471 g/mol. The van der Waals surface area contributed by atoms with Crippen LogP contribution in [0.3, 0.4) is 0 Å². The Balaban J connectivity index is 2.38. The second-order valence-electron chi connectivity index (χ2n) is 6.69. The predicted octanol–water partition coefficient (Wildman–Crippen LogP) is 3.18. The minimum absolute atomic E-state index is 0.232. The van der Waals surface area contributed by atoms with E-state index in [1.165, 1.54) is 44.2 Å². The van der Waals surface area contributed by atoms with Gasteiger partial charge in [0.15, 0.2) is 0 Å². The highest BCUT2D eigenvalue weighted by Gasteiger charge is 2.18. The van der Waals surface area contributed by atoms with Crippen LogP contribution >= 0.6 is 23.2 Å². The minimum Gasteiger partial charge on any atom is -0.378 e. The molecule has 4 N–H and O–H groups in total. The standard InChI is InChI=1S/C19H18Cl2N2O5S2/c1-19(2,24)9-7-13-4-6-17(18(12-13)30(22,27)28)23-29(25,26)10-8-14-3-5-15(20)16(21)11-14/h3-6,8,10-12,23-24H,1-2H3,(H2,22,27,28)/b10-8+. The van der Waals surface area contributed by atoms with E-state index in [9.17, 15) is 21.9 Å². The van der Waals surface area contributed by atoms with Gasteiger partial charge >= 0.3 is 0 Å². The maximum atomic E-state index is 12.4. The SMILES string of the molecule is CC(C)(O)C#Cc1ccc(NS(=O)(=O)/C=C/c2ccc(Cl)c(Cl)c2)c(S(N)(=O)=O)c1. The summed E-state index contributed by atoms with van der Waals surface area (Å²) < 4.78 is 50.8. The third-order valence-corrected chi connectivity index (χ3v) is 6.13. The van der Waals surface area contributed by atoms with Crippen molar-refractivity contribution >= 4 is 55.0 Å². The normalized spacial score (nSPS) is 12.5. The van der Waals surface area contributed by atoms with Crippen LogP contribution in [0.1, 0.15) is 25.0 Å². The monoisotopic (exact) mass is 488 g/mol. The molecule has 2 aromatic rings. The molecule has 7 nitrogen and oxygen atoms in total. The van der Waals surface area contributed by atoms with E-state index in [2.05, 4.69) is 16.6 Å². The van der Waals surface area contributed by atoms with Crippen molar-refractivity contribution in [2.45, 2.75) is 24.3 Å². The van der Waals surface area contributed by atoms with Crippen LogP contribution in [0, 0.1) is 11.8 Å². The molecular formula is C19H18Cl2N2O5S2. The fourth-order valence-corrected chi connectivity index (χ4v) is 4.09. The minimum atomic E-state index is -4.27. The molecule has 0 saturated heterocycles. The van der Waals surface area contributed by atoms with Crippen LogP contribution in [0.25, 0.3) is 6.08 Å². The molecule has 0 aliphatic rings. The van der Waals surface area contributed by atoms with E-state index in [1.807, 2.05) is 0 Å². The van der Waals surface area contributed by atoms with Gasteiger partial charge in [-0.05, 0) is 55.8 Å². The number of nitrogens with two attached hydrogens (primary N) is 1. The average molecular weight is 489 g/mol. The lowest BCUT2D eigenvalue weighted by Crippen LogP contribution is -2.18. The van der Waals surface area contributed by atoms with E-state index >= 15 is 0 Å². The van der Waals surface area contributed by atoms with E-state index in [0.29, 0.717) is 10.6 Å². The topological polar surface area (TPSA) is 127 Å². The molecule has 0 amide bonds. The van der Waals surface area contributed by atoms with E-state index in [-0.39, 0.29) is 16.3 Å². The Morgan fingerprint density at radius 2 is 1.73 bits per heavy atom. The molecule has 160 valence electrons. The maximum Gasteiger partial charge on any atom is 0.255 e. The molecule has 0 unspecified atom stereocenters. The molecule has 0 aromatic heterocycles. The van der Waals surface area contributed by atoms with Gasteiger partial charge in [0.05, 0.1) is 21.1 Å². The number of hydrogen-bond donors (Lipinski definition) is 3. The van der Waals surface area contributed by atoms with Gasteiger partial charge in [0.2, 0.25) is 10.0 Å². The maximum absolute atomic E-state index is 12.4. The van der Waals surface area contributed by atoms with E-state index in [0.717, 1.165) is 11.5 Å². The Labute approximate surface area is 185 Å². The number of sulfonamides is 2. The third-order valence-electron chi connectivity index (χ3n) is 3.44. The smallest absolute Gasteiger partial charge is 0.255 e. The molecule has 0 radical (unpaired) electrons. The zero-order valence-electron chi connectivity index (χ0n) is 15.8. The predicted molar refractivity (Wildman–Crippen MR) is 119 cm³/mol. The molecule has 11 heteroatoms. The summed E-state index contributed by atoms with van der Waals surface area (Å²) in [6, 6.07) is 8.28. The van der Waals surface area contributed by atoms with Crippen molar-refractivity contribution < 1.29 is 21.9 Å². The number of rotatable bonds is 5. The molecule has 30 heavy (non-hydrogen) atoms. The van der Waals surface area contributed by atoms with Gasteiger partial charge in [-0.2, -0.15) is 0 Å². The highest BCUT2D eigenvalue weighted by molar-refractivity contribution is 7.95. The highest BCUT2D eigenvalue weighted by atomic mass is 35.5. The van der Waals surface area contributed by atoms with Crippen LogP contribution in [-0.4, -0.2) is 27.5 Å². The first kappa shape index (κ1) is 24.2. The molecule has 0 bridgehead atoms. The summed E-state index contributed by atoms with van der Waals surface area (Å²) in [6.07, 6.45) is 1.27. The van der Waals surface area contributed by atoms with Gasteiger partial charge in [-0.1, -0.05) is 41.1 Å². The lowest BCUT2D eigenvalue weighted by molar-refractivity contribution is 0.143. The van der Waals surface area contributed by atoms with Crippen LogP contribution in [-0.2, 0) is 20.0 Å². The first-order valence-corrected chi connectivity index (χ1v) is 12.1. The second-order valence-corrected chi connectivity index (χ2v) is 10.6. The molecule has 0 fully saturated rings. The zero-order valence-corrected chi connectivity index (χ0v) is 19.0. The van der Waals surface area contributed by atoms with Gasteiger partial charge in [-0.15, -0.1) is 0 Å². The number of aliphatic hydroxyl groups is 1. The third kappa shape index (κ3) is 7.32. The summed E-state index contributed by atoms with van der Waals surface area (Å²) in [6.45, 7) is 2.92. The first-order valence-electron chi connectivity index (χ1n) is 8.25. The van der Waals surface area contributed by atoms with Crippen molar-refractivity contribution in [1.29, 1.82) is 0 Å². The first-order chi connectivity index (χ1) is 13.7. The van der Waals surface area contributed by atoms with Crippen LogP contribution in [0.4, 0.5) is 5.69 Å². The summed E-state index contributed by atoms with van der Waals surface area (Å²) in [5, 5.41) is 16.3. The molecule has 0 aliphatic heterocycles. The van der Waals surface area contributed by atoms with Gasteiger partial charge in [-0.25, -0.2) is 22.0 Å². The quantitative estimate of drug-likeness (QED) is 0.556. The van der Waals surface area contributed by atoms with Crippen molar-refractivity contribution in [2.24, 2.45) is 5.14 Å². The molecule has 2 aromatic carbocycles. The fourth-order valence-electron chi connectivity index (χ4n) is 2.12. The molecule has 0 aliphatic carbocycles. The number of benzene rings is 2.